The summed E-state index contributed by atoms with van der Waals surface area (Å²) in [6.45, 7) is 0. The maximum Gasteiger partial charge on any atom is 0.212 e. The first-order chi connectivity index (χ1) is 9.81. The molecular weight excluding hydrogens is 286 g/mol. The maximum absolute atomic E-state index is 4.70. The predicted octanol–water partition coefficient (Wildman–Crippen LogP) is 4.08. The SMILES string of the molecule is Cn1/c(=N/c2nc3ccccc3s2)sc2ccccc21. The summed E-state index contributed by atoms with van der Waals surface area (Å²) in [5.41, 5.74) is 2.22. The summed E-state index contributed by atoms with van der Waals surface area (Å²) in [7, 11) is 2.05. The van der Waals surface area contributed by atoms with Crippen molar-refractivity contribution >= 4 is 48.2 Å². The molecular formula is C15H11N3S2. The van der Waals surface area contributed by atoms with Crippen LogP contribution in [0.3, 0.4) is 0 Å². The van der Waals surface area contributed by atoms with Gasteiger partial charge in [-0.05, 0) is 24.3 Å². The summed E-state index contributed by atoms with van der Waals surface area (Å²) in [5.74, 6) is 0. The molecule has 3 nitrogen and oxygen atoms in total. The summed E-state index contributed by atoms with van der Waals surface area (Å²) in [6, 6.07) is 16.5. The Bertz CT molecular complexity index is 942. The lowest BCUT2D eigenvalue weighted by Gasteiger charge is -1.92. The molecule has 4 aromatic rings. The third-order valence-corrected chi connectivity index (χ3v) is 5.23. The molecule has 0 aliphatic heterocycles. The molecule has 0 fully saturated rings. The zero-order valence-electron chi connectivity index (χ0n) is 10.8. The van der Waals surface area contributed by atoms with E-state index in [-0.39, 0.29) is 0 Å². The Balaban J connectivity index is 1.95. The van der Waals surface area contributed by atoms with Crippen LogP contribution in [0.5, 0.6) is 0 Å². The van der Waals surface area contributed by atoms with E-state index in [2.05, 4.69) is 39.9 Å². The van der Waals surface area contributed by atoms with Gasteiger partial charge in [0.2, 0.25) is 5.13 Å². The Hall–Kier alpha value is -1.98. The first-order valence-electron chi connectivity index (χ1n) is 6.26. The lowest BCUT2D eigenvalue weighted by molar-refractivity contribution is 0.911. The summed E-state index contributed by atoms with van der Waals surface area (Å²) < 4.78 is 4.54. The van der Waals surface area contributed by atoms with E-state index >= 15 is 0 Å². The smallest absolute Gasteiger partial charge is 0.212 e. The molecule has 2 heterocycles. The molecule has 0 atom stereocenters. The molecule has 0 saturated heterocycles. The summed E-state index contributed by atoms with van der Waals surface area (Å²) in [4.78, 5) is 10.2. The van der Waals surface area contributed by atoms with Crippen LogP contribution in [0.25, 0.3) is 20.4 Å². The van der Waals surface area contributed by atoms with Gasteiger partial charge in [-0.25, -0.2) is 4.98 Å². The Morgan fingerprint density at radius 1 is 0.950 bits per heavy atom. The molecule has 0 N–H and O–H groups in total. The van der Waals surface area contributed by atoms with Crippen molar-refractivity contribution < 1.29 is 0 Å². The van der Waals surface area contributed by atoms with Crippen molar-refractivity contribution in [3.63, 3.8) is 0 Å². The van der Waals surface area contributed by atoms with Gasteiger partial charge in [-0.1, -0.05) is 46.9 Å². The van der Waals surface area contributed by atoms with Crippen LogP contribution in [0.1, 0.15) is 0 Å². The highest BCUT2D eigenvalue weighted by Crippen LogP contribution is 2.27. The van der Waals surface area contributed by atoms with Crippen molar-refractivity contribution in [2.75, 3.05) is 0 Å². The molecule has 0 radical (unpaired) electrons. The maximum atomic E-state index is 4.70. The fraction of sp³-hybridized carbons (Fsp3) is 0.0667. The molecule has 2 aromatic carbocycles. The largest absolute Gasteiger partial charge is 0.319 e. The molecule has 0 spiro atoms. The van der Waals surface area contributed by atoms with Crippen LogP contribution in [0.2, 0.25) is 0 Å². The van der Waals surface area contributed by atoms with Crippen LogP contribution in [-0.2, 0) is 7.05 Å². The lowest BCUT2D eigenvalue weighted by atomic mass is 10.3. The monoisotopic (exact) mass is 297 g/mol. The lowest BCUT2D eigenvalue weighted by Crippen LogP contribution is -2.08. The van der Waals surface area contributed by atoms with Crippen LogP contribution >= 0.6 is 22.7 Å². The number of hydrogen-bond acceptors (Lipinski definition) is 4. The summed E-state index contributed by atoms with van der Waals surface area (Å²) >= 11 is 3.32. The average molecular weight is 297 g/mol. The Labute approximate surface area is 123 Å². The quantitative estimate of drug-likeness (QED) is 0.520. The zero-order chi connectivity index (χ0) is 13.5. The molecule has 20 heavy (non-hydrogen) atoms. The van der Waals surface area contributed by atoms with Gasteiger partial charge in [0.1, 0.15) is 0 Å². The summed E-state index contributed by atoms with van der Waals surface area (Å²) in [6.07, 6.45) is 0. The van der Waals surface area contributed by atoms with E-state index in [0.717, 1.165) is 15.4 Å². The summed E-state index contributed by atoms with van der Waals surface area (Å²) in [5, 5.41) is 0.813. The minimum absolute atomic E-state index is 0.813. The van der Waals surface area contributed by atoms with Gasteiger partial charge in [0.15, 0.2) is 4.80 Å². The standard InChI is InChI=1S/C15H11N3S2/c1-18-11-7-3-5-9-13(11)20-15(18)17-14-16-10-6-2-4-8-12(10)19-14/h2-9H,1H3/b17-15-. The van der Waals surface area contributed by atoms with Crippen molar-refractivity contribution in [1.82, 2.24) is 9.55 Å². The van der Waals surface area contributed by atoms with Crippen molar-refractivity contribution in [2.45, 2.75) is 0 Å². The fourth-order valence-corrected chi connectivity index (χ4v) is 4.09. The molecule has 0 aliphatic rings. The second kappa shape index (κ2) is 4.54. The van der Waals surface area contributed by atoms with Crippen molar-refractivity contribution in [3.8, 4) is 0 Å². The predicted molar refractivity (Wildman–Crippen MR) is 85.6 cm³/mol. The van der Waals surface area contributed by atoms with Gasteiger partial charge in [0.25, 0.3) is 0 Å². The number of rotatable bonds is 1. The molecule has 0 aliphatic carbocycles. The van der Waals surface area contributed by atoms with Gasteiger partial charge >= 0.3 is 0 Å². The number of hydrogen-bond donors (Lipinski definition) is 0. The molecule has 0 unspecified atom stereocenters. The third-order valence-electron chi connectivity index (χ3n) is 3.19. The van der Waals surface area contributed by atoms with Crippen LogP contribution in [-0.4, -0.2) is 9.55 Å². The van der Waals surface area contributed by atoms with Gasteiger partial charge in [0.05, 0.1) is 20.4 Å². The highest BCUT2D eigenvalue weighted by Gasteiger charge is 2.04. The van der Waals surface area contributed by atoms with Gasteiger partial charge in [-0.2, -0.15) is 4.99 Å². The molecule has 0 bridgehead atoms. The van der Waals surface area contributed by atoms with E-state index in [9.17, 15) is 0 Å². The first kappa shape index (κ1) is 11.8. The van der Waals surface area contributed by atoms with E-state index in [1.54, 1.807) is 22.7 Å². The fourth-order valence-electron chi connectivity index (χ4n) is 2.18. The number of benzene rings is 2. The Morgan fingerprint density at radius 3 is 2.50 bits per heavy atom. The van der Waals surface area contributed by atoms with Crippen molar-refractivity contribution in [3.05, 3.63) is 53.3 Å². The van der Waals surface area contributed by atoms with Gasteiger partial charge in [-0.15, -0.1) is 0 Å². The molecule has 4 rings (SSSR count). The van der Waals surface area contributed by atoms with E-state index in [4.69, 9.17) is 4.99 Å². The molecule has 98 valence electrons. The van der Waals surface area contributed by atoms with Gasteiger partial charge < -0.3 is 4.57 Å². The minimum Gasteiger partial charge on any atom is -0.319 e. The van der Waals surface area contributed by atoms with Gasteiger partial charge in [0, 0.05) is 7.05 Å². The first-order valence-corrected chi connectivity index (χ1v) is 7.89. The van der Waals surface area contributed by atoms with E-state index < -0.39 is 0 Å². The zero-order valence-corrected chi connectivity index (χ0v) is 12.4. The molecule has 5 heteroatoms. The van der Waals surface area contributed by atoms with Crippen LogP contribution in [0, 0.1) is 0 Å². The number of aromatic nitrogens is 2. The molecule has 2 aromatic heterocycles. The minimum atomic E-state index is 0.813. The average Bonchev–Trinajstić information content (AvgIpc) is 3.01. The van der Waals surface area contributed by atoms with Gasteiger partial charge in [-0.3, -0.25) is 0 Å². The number of aryl methyl sites for hydroxylation is 1. The number of nitrogens with zero attached hydrogens (tertiary/aromatic N) is 3. The van der Waals surface area contributed by atoms with Crippen molar-refractivity contribution in [2.24, 2.45) is 12.0 Å². The van der Waals surface area contributed by atoms with Crippen molar-refractivity contribution in [1.29, 1.82) is 0 Å². The van der Waals surface area contributed by atoms with E-state index in [1.807, 2.05) is 25.2 Å². The normalized spacial score (nSPS) is 12.6. The number of thiazole rings is 2. The second-order valence-corrected chi connectivity index (χ2v) is 6.51. The topological polar surface area (TPSA) is 30.2 Å². The second-order valence-electron chi connectivity index (χ2n) is 4.49. The highest BCUT2D eigenvalue weighted by molar-refractivity contribution is 7.22. The van der Waals surface area contributed by atoms with E-state index in [1.165, 1.54) is 14.9 Å². The highest BCUT2D eigenvalue weighted by atomic mass is 32.1. The van der Waals surface area contributed by atoms with Crippen LogP contribution < -0.4 is 4.80 Å². The number of para-hydroxylation sites is 2. The Kier molecular flexibility index (Phi) is 2.68. The van der Waals surface area contributed by atoms with E-state index in [0.29, 0.717) is 0 Å². The molecule has 0 amide bonds. The molecule has 0 saturated carbocycles. The third kappa shape index (κ3) is 1.87. The number of fused-ring (bicyclic) bond motifs is 2. The van der Waals surface area contributed by atoms with Crippen LogP contribution in [0.15, 0.2) is 53.5 Å². The van der Waals surface area contributed by atoms with Crippen LogP contribution in [0.4, 0.5) is 5.13 Å². The Morgan fingerprint density at radius 2 is 1.70 bits per heavy atom.